The van der Waals surface area contributed by atoms with Crippen LogP contribution < -0.4 is 5.32 Å². The van der Waals surface area contributed by atoms with Gasteiger partial charge in [0, 0.05) is 12.5 Å². The van der Waals surface area contributed by atoms with Crippen molar-refractivity contribution in [2.45, 2.75) is 19.9 Å². The molecule has 2 aromatic rings. The molecule has 3 nitrogen and oxygen atoms in total. The third-order valence-corrected chi connectivity index (χ3v) is 3.08. The molecule has 0 fully saturated rings. The van der Waals surface area contributed by atoms with E-state index in [0.717, 1.165) is 17.8 Å². The van der Waals surface area contributed by atoms with Crippen LogP contribution in [0.15, 0.2) is 30.3 Å². The summed E-state index contributed by atoms with van der Waals surface area (Å²) in [5.74, 6) is 0. The molecule has 3 heteroatoms. The minimum atomic E-state index is 0.156. The van der Waals surface area contributed by atoms with Gasteiger partial charge in [-0.25, -0.2) is 0 Å². The Morgan fingerprint density at radius 1 is 1.33 bits per heavy atom. The molecule has 0 aliphatic rings. The summed E-state index contributed by atoms with van der Waals surface area (Å²) >= 11 is 0. The second-order valence-corrected chi connectivity index (χ2v) is 4.45. The molecule has 1 heterocycles. The molecule has 2 rings (SSSR count). The molecule has 0 amide bonds. The predicted octanol–water partition coefficient (Wildman–Crippen LogP) is 2.84. The average molecular weight is 244 g/mol. The quantitative estimate of drug-likeness (QED) is 0.878. The highest BCUT2D eigenvalue weighted by atomic mass is 16.5. The molecule has 1 atom stereocenters. The minimum Gasteiger partial charge on any atom is -0.383 e. The predicted molar refractivity (Wildman–Crippen MR) is 74.8 cm³/mol. The molecular weight excluding hydrogens is 224 g/mol. The fraction of sp³-hybridized carbons (Fsp3) is 0.400. The number of likely N-dealkylation sites (N-methyl/N-ethyl adjacent to an activating group) is 1. The van der Waals surface area contributed by atoms with E-state index in [1.54, 1.807) is 7.11 Å². The van der Waals surface area contributed by atoms with Crippen molar-refractivity contribution in [3.8, 4) is 0 Å². The van der Waals surface area contributed by atoms with Crippen molar-refractivity contribution in [1.29, 1.82) is 0 Å². The van der Waals surface area contributed by atoms with E-state index in [-0.39, 0.29) is 6.04 Å². The Balaban J connectivity index is 2.43. The number of benzene rings is 1. The summed E-state index contributed by atoms with van der Waals surface area (Å²) in [6.07, 6.45) is 0. The van der Waals surface area contributed by atoms with Gasteiger partial charge >= 0.3 is 0 Å². The highest BCUT2D eigenvalue weighted by molar-refractivity contribution is 5.82. The number of nitrogens with zero attached hydrogens (tertiary/aromatic N) is 1. The van der Waals surface area contributed by atoms with Crippen LogP contribution in [0.1, 0.15) is 24.2 Å². The van der Waals surface area contributed by atoms with E-state index >= 15 is 0 Å². The van der Waals surface area contributed by atoms with E-state index < -0.39 is 0 Å². The lowest BCUT2D eigenvalue weighted by molar-refractivity contribution is 0.166. The first-order valence-corrected chi connectivity index (χ1v) is 6.35. The average Bonchev–Trinajstić information content (AvgIpc) is 2.38. The lowest BCUT2D eigenvalue weighted by Gasteiger charge is -2.17. The summed E-state index contributed by atoms with van der Waals surface area (Å²) in [4.78, 5) is 4.73. The minimum absolute atomic E-state index is 0.156. The van der Waals surface area contributed by atoms with E-state index in [4.69, 9.17) is 9.72 Å². The van der Waals surface area contributed by atoms with E-state index in [1.807, 2.05) is 12.1 Å². The molecule has 18 heavy (non-hydrogen) atoms. The van der Waals surface area contributed by atoms with E-state index in [2.05, 4.69) is 37.4 Å². The monoisotopic (exact) mass is 244 g/mol. The number of pyridine rings is 1. The molecule has 0 bridgehead atoms. The molecule has 0 aliphatic carbocycles. The van der Waals surface area contributed by atoms with Crippen LogP contribution in [0.4, 0.5) is 0 Å². The van der Waals surface area contributed by atoms with Crippen LogP contribution in [0.25, 0.3) is 10.9 Å². The van der Waals surface area contributed by atoms with E-state index in [1.165, 1.54) is 10.9 Å². The zero-order chi connectivity index (χ0) is 13.0. The Hall–Kier alpha value is -1.45. The summed E-state index contributed by atoms with van der Waals surface area (Å²) < 4.78 is 5.26. The standard InChI is InChI=1S/C15H20N2O/c1-4-16-15(10-18-3)14-9-11(2)12-7-5-6-8-13(12)17-14/h5-9,15-16H,4,10H2,1-3H3. The number of ether oxygens (including phenoxy) is 1. The van der Waals surface area contributed by atoms with Crippen LogP contribution in [0.2, 0.25) is 0 Å². The first-order valence-electron chi connectivity index (χ1n) is 6.35. The van der Waals surface area contributed by atoms with Crippen molar-refractivity contribution in [3.63, 3.8) is 0 Å². The number of hydrogen-bond donors (Lipinski definition) is 1. The van der Waals surface area contributed by atoms with Gasteiger partial charge in [0.2, 0.25) is 0 Å². The van der Waals surface area contributed by atoms with Gasteiger partial charge in [-0.3, -0.25) is 4.98 Å². The summed E-state index contributed by atoms with van der Waals surface area (Å²) in [7, 11) is 1.72. The van der Waals surface area contributed by atoms with Crippen LogP contribution in [-0.4, -0.2) is 25.2 Å². The summed E-state index contributed by atoms with van der Waals surface area (Å²) in [5, 5.41) is 4.62. The Morgan fingerprint density at radius 2 is 2.11 bits per heavy atom. The maximum Gasteiger partial charge on any atom is 0.0732 e. The second kappa shape index (κ2) is 5.94. The third-order valence-electron chi connectivity index (χ3n) is 3.08. The van der Waals surface area contributed by atoms with Crippen LogP contribution >= 0.6 is 0 Å². The Morgan fingerprint density at radius 3 is 2.83 bits per heavy atom. The number of aromatic nitrogens is 1. The normalized spacial score (nSPS) is 12.8. The number of fused-ring (bicyclic) bond motifs is 1. The van der Waals surface area contributed by atoms with Crippen molar-refractivity contribution >= 4 is 10.9 Å². The molecule has 0 radical (unpaired) electrons. The zero-order valence-corrected chi connectivity index (χ0v) is 11.2. The molecule has 0 saturated carbocycles. The van der Waals surface area contributed by atoms with Gasteiger partial charge in [0.25, 0.3) is 0 Å². The highest BCUT2D eigenvalue weighted by Gasteiger charge is 2.13. The summed E-state index contributed by atoms with van der Waals surface area (Å²) in [6.45, 7) is 5.76. The highest BCUT2D eigenvalue weighted by Crippen LogP contribution is 2.21. The van der Waals surface area contributed by atoms with Crippen molar-refractivity contribution in [3.05, 3.63) is 41.6 Å². The maximum absolute atomic E-state index is 5.26. The number of para-hydroxylation sites is 1. The van der Waals surface area contributed by atoms with Gasteiger partial charge in [-0.15, -0.1) is 0 Å². The van der Waals surface area contributed by atoms with Crippen LogP contribution in [0.3, 0.4) is 0 Å². The second-order valence-electron chi connectivity index (χ2n) is 4.45. The molecule has 0 aliphatic heterocycles. The fourth-order valence-corrected chi connectivity index (χ4v) is 2.22. The molecule has 1 unspecified atom stereocenters. The van der Waals surface area contributed by atoms with Crippen LogP contribution in [-0.2, 0) is 4.74 Å². The third kappa shape index (κ3) is 2.68. The Kier molecular flexibility index (Phi) is 4.28. The lowest BCUT2D eigenvalue weighted by atomic mass is 10.1. The number of aryl methyl sites for hydroxylation is 1. The van der Waals surface area contributed by atoms with Crippen molar-refractivity contribution in [1.82, 2.24) is 10.3 Å². The molecule has 1 aromatic carbocycles. The zero-order valence-electron chi connectivity index (χ0n) is 11.2. The molecular formula is C15H20N2O. The lowest BCUT2D eigenvalue weighted by Crippen LogP contribution is -2.25. The van der Waals surface area contributed by atoms with Gasteiger partial charge in [0.05, 0.1) is 23.9 Å². The SMILES string of the molecule is CCNC(COC)c1cc(C)c2ccccc2n1. The number of rotatable bonds is 5. The summed E-state index contributed by atoms with van der Waals surface area (Å²) in [5.41, 5.74) is 3.36. The maximum atomic E-state index is 5.26. The topological polar surface area (TPSA) is 34.1 Å². The molecule has 0 spiro atoms. The smallest absolute Gasteiger partial charge is 0.0732 e. The molecule has 1 aromatic heterocycles. The van der Waals surface area contributed by atoms with Gasteiger partial charge in [0.1, 0.15) is 0 Å². The number of nitrogens with one attached hydrogen (secondary N) is 1. The van der Waals surface area contributed by atoms with Gasteiger partial charge in [-0.1, -0.05) is 25.1 Å². The first kappa shape index (κ1) is 13.0. The number of methoxy groups -OCH3 is 1. The van der Waals surface area contributed by atoms with Crippen molar-refractivity contribution in [2.75, 3.05) is 20.3 Å². The van der Waals surface area contributed by atoms with E-state index in [0.29, 0.717) is 6.61 Å². The van der Waals surface area contributed by atoms with Crippen LogP contribution in [0, 0.1) is 6.92 Å². The van der Waals surface area contributed by atoms with Gasteiger partial charge in [-0.2, -0.15) is 0 Å². The molecule has 96 valence electrons. The van der Waals surface area contributed by atoms with Gasteiger partial charge < -0.3 is 10.1 Å². The van der Waals surface area contributed by atoms with Crippen LogP contribution in [0.5, 0.6) is 0 Å². The Labute approximate surface area is 108 Å². The van der Waals surface area contributed by atoms with Gasteiger partial charge in [0.15, 0.2) is 0 Å². The molecule has 0 saturated heterocycles. The fourth-order valence-electron chi connectivity index (χ4n) is 2.22. The van der Waals surface area contributed by atoms with Crippen molar-refractivity contribution < 1.29 is 4.74 Å². The Bertz CT molecular complexity index is 519. The van der Waals surface area contributed by atoms with E-state index in [9.17, 15) is 0 Å². The first-order chi connectivity index (χ1) is 8.76. The van der Waals surface area contributed by atoms with Gasteiger partial charge in [-0.05, 0) is 31.2 Å². The summed E-state index contributed by atoms with van der Waals surface area (Å²) in [6, 6.07) is 10.5. The largest absolute Gasteiger partial charge is 0.383 e. The molecule has 1 N–H and O–H groups in total. The van der Waals surface area contributed by atoms with Crippen molar-refractivity contribution in [2.24, 2.45) is 0 Å². The number of hydrogen-bond acceptors (Lipinski definition) is 3.